The Morgan fingerprint density at radius 3 is 2.28 bits per heavy atom. The van der Waals surface area contributed by atoms with Crippen molar-refractivity contribution in [1.82, 2.24) is 0 Å². The smallest absolute Gasteiger partial charge is 0.177 e. The lowest BCUT2D eigenvalue weighted by Crippen LogP contribution is -2.39. The second-order valence-electron chi connectivity index (χ2n) is 7.23. The molecule has 2 aromatic rings. The van der Waals surface area contributed by atoms with Crippen molar-refractivity contribution in [2.24, 2.45) is 7.05 Å². The van der Waals surface area contributed by atoms with Crippen molar-refractivity contribution in [2.75, 3.05) is 20.6 Å². The third-order valence-corrected chi connectivity index (χ3v) is 5.56. The standard InChI is InChI=1S/C12H20N2.C7H8O3S/c1-13-8-4-6-11(10-13)12-7-5-9-14(12,2)3;1-6-2-4-7(5-3-6)11(8,9)10/h4,6,8,10,12H,5,7,9H2,1-3H3;2-5H,1H3,(H,8,9,10)/q+2;/p-1. The number of quaternary nitrogens is 1. The van der Waals surface area contributed by atoms with E-state index in [-0.39, 0.29) is 4.90 Å². The molecule has 1 unspecified atom stereocenters. The van der Waals surface area contributed by atoms with Crippen molar-refractivity contribution in [1.29, 1.82) is 0 Å². The molecule has 1 aromatic heterocycles. The van der Waals surface area contributed by atoms with Crippen LogP contribution in [-0.2, 0) is 17.2 Å². The van der Waals surface area contributed by atoms with Crippen LogP contribution in [0.15, 0.2) is 53.7 Å². The molecule has 1 saturated heterocycles. The van der Waals surface area contributed by atoms with E-state index >= 15 is 0 Å². The molecular weight excluding hydrogens is 336 g/mol. The number of aromatic nitrogens is 1. The highest BCUT2D eigenvalue weighted by molar-refractivity contribution is 7.85. The Kier molecular flexibility index (Phi) is 5.98. The molecule has 0 saturated carbocycles. The molecule has 3 rings (SSSR count). The van der Waals surface area contributed by atoms with Gasteiger partial charge >= 0.3 is 0 Å². The molecule has 1 aliphatic rings. The molecule has 1 aromatic carbocycles. The van der Waals surface area contributed by atoms with Crippen molar-refractivity contribution in [3.05, 3.63) is 59.9 Å². The van der Waals surface area contributed by atoms with Crippen molar-refractivity contribution >= 4 is 10.1 Å². The van der Waals surface area contributed by atoms with Gasteiger partial charge in [-0.3, -0.25) is 0 Å². The Labute approximate surface area is 150 Å². The van der Waals surface area contributed by atoms with E-state index in [0.717, 1.165) is 10.0 Å². The maximum absolute atomic E-state index is 10.4. The zero-order valence-corrected chi connectivity index (χ0v) is 16.2. The first-order valence-corrected chi connectivity index (χ1v) is 9.81. The van der Waals surface area contributed by atoms with E-state index in [1.807, 2.05) is 6.92 Å². The van der Waals surface area contributed by atoms with Crippen LogP contribution in [0.2, 0.25) is 0 Å². The monoisotopic (exact) mass is 363 g/mol. The number of aryl methyl sites for hydroxylation is 2. The van der Waals surface area contributed by atoms with Gasteiger partial charge in [0.2, 0.25) is 0 Å². The molecule has 6 heteroatoms. The molecule has 0 amide bonds. The second kappa shape index (κ2) is 7.64. The lowest BCUT2D eigenvalue weighted by Gasteiger charge is -2.31. The number of hydrogen-bond donors (Lipinski definition) is 0. The normalized spacial score (nSPS) is 19.2. The summed E-state index contributed by atoms with van der Waals surface area (Å²) in [6, 6.07) is 10.9. The van der Waals surface area contributed by atoms with Gasteiger partial charge in [-0.2, -0.15) is 0 Å². The predicted molar refractivity (Wildman–Crippen MR) is 95.7 cm³/mol. The van der Waals surface area contributed by atoms with E-state index in [1.54, 1.807) is 12.1 Å². The first kappa shape index (κ1) is 19.6. The molecule has 1 fully saturated rings. The Morgan fingerprint density at radius 2 is 1.80 bits per heavy atom. The summed E-state index contributed by atoms with van der Waals surface area (Å²) in [4.78, 5) is -0.178. The third-order valence-electron chi connectivity index (χ3n) is 4.71. The number of likely N-dealkylation sites (tertiary alicyclic amines) is 1. The van der Waals surface area contributed by atoms with Gasteiger partial charge < -0.3 is 9.04 Å². The van der Waals surface area contributed by atoms with Crippen LogP contribution < -0.4 is 4.57 Å². The van der Waals surface area contributed by atoms with Crippen LogP contribution in [-0.4, -0.2) is 38.1 Å². The van der Waals surface area contributed by atoms with Gasteiger partial charge in [0.1, 0.15) is 23.2 Å². The van der Waals surface area contributed by atoms with Crippen LogP contribution in [0, 0.1) is 6.92 Å². The van der Waals surface area contributed by atoms with Gasteiger partial charge in [-0.1, -0.05) is 17.7 Å². The number of nitrogens with zero attached hydrogens (tertiary/aromatic N) is 2. The molecule has 0 radical (unpaired) electrons. The molecule has 1 aliphatic heterocycles. The molecule has 0 spiro atoms. The quantitative estimate of drug-likeness (QED) is 0.467. The average Bonchev–Trinajstić information content (AvgIpc) is 2.87. The van der Waals surface area contributed by atoms with Crippen LogP contribution in [0.1, 0.15) is 30.0 Å². The fraction of sp³-hybridized carbons (Fsp3) is 0.421. The summed E-state index contributed by atoms with van der Waals surface area (Å²) >= 11 is 0. The van der Waals surface area contributed by atoms with Gasteiger partial charge in [0.15, 0.2) is 12.4 Å². The molecule has 0 N–H and O–H groups in total. The van der Waals surface area contributed by atoms with E-state index < -0.39 is 10.1 Å². The van der Waals surface area contributed by atoms with Crippen LogP contribution in [0.5, 0.6) is 0 Å². The molecule has 5 nitrogen and oxygen atoms in total. The highest BCUT2D eigenvalue weighted by atomic mass is 32.2. The number of rotatable bonds is 2. The van der Waals surface area contributed by atoms with Gasteiger partial charge in [0, 0.05) is 18.9 Å². The first-order valence-electron chi connectivity index (χ1n) is 8.40. The molecule has 25 heavy (non-hydrogen) atoms. The van der Waals surface area contributed by atoms with Gasteiger partial charge in [0.25, 0.3) is 0 Å². The Bertz CT molecular complexity index is 815. The lowest BCUT2D eigenvalue weighted by molar-refractivity contribution is -0.908. The lowest BCUT2D eigenvalue weighted by atomic mass is 10.1. The van der Waals surface area contributed by atoms with Crippen molar-refractivity contribution in [3.8, 4) is 0 Å². The summed E-state index contributed by atoms with van der Waals surface area (Å²) in [6.07, 6.45) is 7.04. The van der Waals surface area contributed by atoms with E-state index in [1.165, 1.54) is 37.1 Å². The summed E-state index contributed by atoms with van der Waals surface area (Å²) < 4.78 is 34.5. The minimum absolute atomic E-state index is 0.178. The molecule has 0 bridgehead atoms. The van der Waals surface area contributed by atoms with E-state index in [4.69, 9.17) is 0 Å². The topological polar surface area (TPSA) is 61.1 Å². The van der Waals surface area contributed by atoms with E-state index in [2.05, 4.69) is 50.2 Å². The largest absolute Gasteiger partial charge is 0.744 e. The fourth-order valence-corrected chi connectivity index (χ4v) is 3.75. The maximum Gasteiger partial charge on any atom is 0.177 e. The van der Waals surface area contributed by atoms with Crippen molar-refractivity contribution < 1.29 is 22.0 Å². The summed E-state index contributed by atoms with van der Waals surface area (Å²) in [7, 11) is 2.50. The fourth-order valence-electron chi connectivity index (χ4n) is 3.28. The Morgan fingerprint density at radius 1 is 1.16 bits per heavy atom. The number of pyridine rings is 1. The van der Waals surface area contributed by atoms with Crippen LogP contribution >= 0.6 is 0 Å². The molecular formula is C19H27N2O3S+. The van der Waals surface area contributed by atoms with Crippen molar-refractivity contribution in [2.45, 2.75) is 30.7 Å². The van der Waals surface area contributed by atoms with E-state index in [0.29, 0.717) is 6.04 Å². The average molecular weight is 364 g/mol. The van der Waals surface area contributed by atoms with Crippen LogP contribution in [0.3, 0.4) is 0 Å². The molecule has 1 atom stereocenters. The minimum Gasteiger partial charge on any atom is -0.744 e. The molecule has 2 heterocycles. The first-order chi connectivity index (χ1) is 11.6. The van der Waals surface area contributed by atoms with E-state index in [9.17, 15) is 13.0 Å². The van der Waals surface area contributed by atoms with Gasteiger partial charge in [0.05, 0.1) is 31.1 Å². The molecule has 136 valence electrons. The summed E-state index contributed by atoms with van der Waals surface area (Å²) in [5.74, 6) is 0. The zero-order chi connectivity index (χ0) is 18.7. The maximum atomic E-state index is 10.4. The minimum atomic E-state index is -4.27. The summed E-state index contributed by atoms with van der Waals surface area (Å²) in [6.45, 7) is 3.13. The highest BCUT2D eigenvalue weighted by Crippen LogP contribution is 2.34. The third kappa shape index (κ3) is 5.36. The van der Waals surface area contributed by atoms with Gasteiger partial charge in [-0.15, -0.1) is 0 Å². The number of hydrogen-bond acceptors (Lipinski definition) is 3. The predicted octanol–water partition coefficient (Wildman–Crippen LogP) is 2.32. The zero-order valence-electron chi connectivity index (χ0n) is 15.3. The highest BCUT2D eigenvalue weighted by Gasteiger charge is 2.36. The molecule has 0 aliphatic carbocycles. The SMILES string of the molecule is C[n+]1cccc(C2CCC[N+]2(C)C)c1.Cc1ccc(S(=O)(=O)[O-])cc1. The van der Waals surface area contributed by atoms with Gasteiger partial charge in [-0.05, 0) is 25.1 Å². The van der Waals surface area contributed by atoms with Gasteiger partial charge in [-0.25, -0.2) is 13.0 Å². The van der Waals surface area contributed by atoms with Crippen LogP contribution in [0.4, 0.5) is 0 Å². The summed E-state index contributed by atoms with van der Waals surface area (Å²) in [5, 5.41) is 0. The summed E-state index contributed by atoms with van der Waals surface area (Å²) in [5.41, 5.74) is 2.41. The second-order valence-corrected chi connectivity index (χ2v) is 8.61. The van der Waals surface area contributed by atoms with Crippen molar-refractivity contribution in [3.63, 3.8) is 0 Å². The Hall–Kier alpha value is -1.76. The number of benzene rings is 1. The van der Waals surface area contributed by atoms with Crippen LogP contribution in [0.25, 0.3) is 0 Å². The Balaban J connectivity index is 0.000000186.